The fourth-order valence-corrected chi connectivity index (χ4v) is 3.00. The summed E-state index contributed by atoms with van der Waals surface area (Å²) in [5.74, 6) is -0.784. The van der Waals surface area contributed by atoms with Crippen molar-refractivity contribution in [2.45, 2.75) is 0 Å². The summed E-state index contributed by atoms with van der Waals surface area (Å²) >= 11 is 1.14. The van der Waals surface area contributed by atoms with Crippen molar-refractivity contribution in [3.8, 4) is 11.5 Å². The minimum absolute atomic E-state index is 0.243. The zero-order chi connectivity index (χ0) is 18.5. The molecule has 1 aromatic carbocycles. The maximum atomic E-state index is 12.1. The van der Waals surface area contributed by atoms with Crippen molar-refractivity contribution in [2.75, 3.05) is 32.2 Å². The molecule has 8 nitrogen and oxygen atoms in total. The number of rotatable bonds is 5. The number of carbonyl (C=O) groups excluding carboxylic acids is 3. The number of carbonyl (C=O) groups is 3. The van der Waals surface area contributed by atoms with Crippen LogP contribution in [0, 0.1) is 0 Å². The van der Waals surface area contributed by atoms with E-state index >= 15 is 0 Å². The molecule has 1 aliphatic heterocycles. The molecule has 0 atom stereocenters. The molecule has 26 heavy (non-hydrogen) atoms. The molecule has 1 aromatic heterocycles. The number of anilines is 1. The van der Waals surface area contributed by atoms with Crippen LogP contribution in [0.2, 0.25) is 0 Å². The van der Waals surface area contributed by atoms with Crippen LogP contribution in [0.15, 0.2) is 29.6 Å². The summed E-state index contributed by atoms with van der Waals surface area (Å²) in [5.41, 5.74) is 0.551. The maximum absolute atomic E-state index is 12.1. The molecule has 1 N–H and O–H groups in total. The van der Waals surface area contributed by atoms with Crippen molar-refractivity contribution in [2.24, 2.45) is 0 Å². The lowest BCUT2D eigenvalue weighted by Gasteiger charge is -2.18. The molecule has 1 aliphatic rings. The Labute approximate surface area is 152 Å². The molecular weight excluding hydrogens is 362 g/mol. The van der Waals surface area contributed by atoms with Crippen molar-refractivity contribution in [3.05, 3.63) is 40.1 Å². The Morgan fingerprint density at radius 1 is 1.12 bits per heavy atom. The number of ether oxygens (including phenoxy) is 4. The van der Waals surface area contributed by atoms with Gasteiger partial charge in [-0.05, 0) is 29.6 Å². The lowest BCUT2D eigenvalue weighted by atomic mass is 10.2. The van der Waals surface area contributed by atoms with Crippen molar-refractivity contribution in [1.29, 1.82) is 0 Å². The van der Waals surface area contributed by atoms with E-state index in [4.69, 9.17) is 14.2 Å². The molecule has 0 unspecified atom stereocenters. The van der Waals surface area contributed by atoms with E-state index in [-0.39, 0.29) is 10.4 Å². The van der Waals surface area contributed by atoms with Gasteiger partial charge < -0.3 is 24.3 Å². The van der Waals surface area contributed by atoms with Crippen LogP contribution in [-0.2, 0) is 14.3 Å². The summed E-state index contributed by atoms with van der Waals surface area (Å²) in [6, 6.07) is 6.21. The minimum Gasteiger partial charge on any atom is -0.486 e. The molecule has 0 fully saturated rings. The summed E-state index contributed by atoms with van der Waals surface area (Å²) in [6.07, 6.45) is 0. The van der Waals surface area contributed by atoms with Gasteiger partial charge in [-0.3, -0.25) is 4.79 Å². The van der Waals surface area contributed by atoms with Gasteiger partial charge >= 0.3 is 11.9 Å². The SMILES string of the molecule is COC(=O)c1sccc1NC(=O)COC(=O)c1ccc2c(c1)OCCO2. The Balaban J connectivity index is 1.57. The van der Waals surface area contributed by atoms with E-state index in [2.05, 4.69) is 10.1 Å². The molecule has 0 aliphatic carbocycles. The maximum Gasteiger partial charge on any atom is 0.350 e. The van der Waals surface area contributed by atoms with Gasteiger partial charge in [0.25, 0.3) is 5.91 Å². The van der Waals surface area contributed by atoms with Gasteiger partial charge in [0.05, 0.1) is 18.4 Å². The molecule has 3 rings (SSSR count). The molecule has 0 radical (unpaired) electrons. The topological polar surface area (TPSA) is 100 Å². The monoisotopic (exact) mass is 377 g/mol. The fraction of sp³-hybridized carbons (Fsp3) is 0.235. The average Bonchev–Trinajstić information content (AvgIpc) is 3.13. The third kappa shape index (κ3) is 3.94. The number of hydrogen-bond donors (Lipinski definition) is 1. The predicted octanol–water partition coefficient (Wildman–Crippen LogP) is 2.10. The van der Waals surface area contributed by atoms with Crippen LogP contribution in [0.1, 0.15) is 20.0 Å². The summed E-state index contributed by atoms with van der Waals surface area (Å²) in [6.45, 7) is 0.355. The van der Waals surface area contributed by atoms with E-state index in [1.54, 1.807) is 17.5 Å². The first-order valence-electron chi connectivity index (χ1n) is 7.61. The highest BCUT2D eigenvalue weighted by Crippen LogP contribution is 2.31. The van der Waals surface area contributed by atoms with Gasteiger partial charge in [0.2, 0.25) is 0 Å². The van der Waals surface area contributed by atoms with E-state index in [1.165, 1.54) is 19.2 Å². The van der Waals surface area contributed by atoms with Gasteiger partial charge in [-0.1, -0.05) is 0 Å². The molecule has 2 heterocycles. The Morgan fingerprint density at radius 2 is 1.88 bits per heavy atom. The van der Waals surface area contributed by atoms with Crippen molar-refractivity contribution < 1.29 is 33.3 Å². The van der Waals surface area contributed by atoms with E-state index in [0.29, 0.717) is 30.4 Å². The zero-order valence-electron chi connectivity index (χ0n) is 13.8. The van der Waals surface area contributed by atoms with Crippen LogP contribution >= 0.6 is 11.3 Å². The molecule has 9 heteroatoms. The average molecular weight is 377 g/mol. The minimum atomic E-state index is -0.671. The number of fused-ring (bicyclic) bond motifs is 1. The molecule has 136 valence electrons. The second-order valence-corrected chi connectivity index (χ2v) is 6.05. The first-order valence-corrected chi connectivity index (χ1v) is 8.49. The van der Waals surface area contributed by atoms with E-state index in [1.807, 2.05) is 0 Å². The number of nitrogens with one attached hydrogen (secondary N) is 1. The molecule has 0 bridgehead atoms. The van der Waals surface area contributed by atoms with E-state index in [9.17, 15) is 14.4 Å². The standard InChI is InChI=1S/C17H15NO7S/c1-22-17(21)15-11(4-7-26-15)18-14(19)9-25-16(20)10-2-3-12-13(8-10)24-6-5-23-12/h2-4,7-8H,5-6,9H2,1H3,(H,18,19). The van der Waals surface area contributed by atoms with Crippen LogP contribution in [0.4, 0.5) is 5.69 Å². The van der Waals surface area contributed by atoms with Crippen LogP contribution in [0.3, 0.4) is 0 Å². The van der Waals surface area contributed by atoms with Crippen LogP contribution in [0.5, 0.6) is 11.5 Å². The molecule has 0 saturated heterocycles. The van der Waals surface area contributed by atoms with Crippen molar-refractivity contribution in [3.63, 3.8) is 0 Å². The molecular formula is C17H15NO7S. The van der Waals surface area contributed by atoms with Crippen LogP contribution in [-0.4, -0.2) is 44.8 Å². The zero-order valence-corrected chi connectivity index (χ0v) is 14.6. The third-order valence-electron chi connectivity index (χ3n) is 3.42. The van der Waals surface area contributed by atoms with Gasteiger partial charge in [0, 0.05) is 0 Å². The Bertz CT molecular complexity index is 845. The molecule has 1 amide bonds. The third-order valence-corrected chi connectivity index (χ3v) is 4.32. The quantitative estimate of drug-likeness (QED) is 0.797. The van der Waals surface area contributed by atoms with Crippen LogP contribution < -0.4 is 14.8 Å². The predicted molar refractivity (Wildman–Crippen MR) is 92.0 cm³/mol. The van der Waals surface area contributed by atoms with Gasteiger partial charge in [0.15, 0.2) is 18.1 Å². The Hall–Kier alpha value is -3.07. The smallest absolute Gasteiger partial charge is 0.350 e. The Kier molecular flexibility index (Phi) is 5.37. The molecule has 0 spiro atoms. The highest BCUT2D eigenvalue weighted by Gasteiger charge is 2.18. The fourth-order valence-electron chi connectivity index (χ4n) is 2.23. The highest BCUT2D eigenvalue weighted by atomic mass is 32.1. The van der Waals surface area contributed by atoms with E-state index < -0.39 is 24.5 Å². The summed E-state index contributed by atoms with van der Waals surface area (Å²) < 4.78 is 20.4. The number of methoxy groups -OCH3 is 1. The van der Waals surface area contributed by atoms with Crippen molar-refractivity contribution in [1.82, 2.24) is 0 Å². The van der Waals surface area contributed by atoms with Gasteiger partial charge in [0.1, 0.15) is 18.1 Å². The largest absolute Gasteiger partial charge is 0.486 e. The lowest BCUT2D eigenvalue weighted by Crippen LogP contribution is -2.22. The second-order valence-electron chi connectivity index (χ2n) is 5.14. The number of hydrogen-bond acceptors (Lipinski definition) is 8. The second kappa shape index (κ2) is 7.87. The number of esters is 2. The van der Waals surface area contributed by atoms with Crippen molar-refractivity contribution >= 4 is 34.9 Å². The normalized spacial score (nSPS) is 12.2. The lowest BCUT2D eigenvalue weighted by molar-refractivity contribution is -0.119. The Morgan fingerprint density at radius 3 is 2.65 bits per heavy atom. The first kappa shape index (κ1) is 17.7. The molecule has 0 saturated carbocycles. The summed E-state index contributed by atoms with van der Waals surface area (Å²) in [5, 5.41) is 4.15. The van der Waals surface area contributed by atoms with Gasteiger partial charge in [-0.2, -0.15) is 0 Å². The molecule has 2 aromatic rings. The van der Waals surface area contributed by atoms with Crippen LogP contribution in [0.25, 0.3) is 0 Å². The number of thiophene rings is 1. The number of benzene rings is 1. The summed E-state index contributed by atoms with van der Waals surface area (Å²) in [4.78, 5) is 35.9. The summed E-state index contributed by atoms with van der Waals surface area (Å²) in [7, 11) is 1.25. The van der Waals surface area contributed by atoms with Gasteiger partial charge in [-0.25, -0.2) is 9.59 Å². The highest BCUT2D eigenvalue weighted by molar-refractivity contribution is 7.12. The first-order chi connectivity index (χ1) is 12.6. The number of amides is 1. The van der Waals surface area contributed by atoms with E-state index in [0.717, 1.165) is 11.3 Å². The van der Waals surface area contributed by atoms with Gasteiger partial charge in [-0.15, -0.1) is 11.3 Å².